The van der Waals surface area contributed by atoms with Gasteiger partial charge in [-0.1, -0.05) is 34.1 Å². The van der Waals surface area contributed by atoms with E-state index < -0.39 is 0 Å². The van der Waals surface area contributed by atoms with Crippen molar-refractivity contribution >= 4 is 33.0 Å². The van der Waals surface area contributed by atoms with Crippen molar-refractivity contribution in [3.05, 3.63) is 53.0 Å². The minimum absolute atomic E-state index is 1.06. The summed E-state index contributed by atoms with van der Waals surface area (Å²) < 4.78 is 1.12. The first-order valence-corrected chi connectivity index (χ1v) is 7.50. The van der Waals surface area contributed by atoms with E-state index in [1.165, 1.54) is 29.9 Å². The van der Waals surface area contributed by atoms with Crippen LogP contribution in [-0.4, -0.2) is 13.1 Å². The molecular formula is C16H17BrN2. The molecule has 0 spiro atoms. The van der Waals surface area contributed by atoms with E-state index in [0.29, 0.717) is 0 Å². The van der Waals surface area contributed by atoms with E-state index in [-0.39, 0.29) is 0 Å². The highest BCUT2D eigenvalue weighted by Gasteiger charge is 2.15. The lowest BCUT2D eigenvalue weighted by molar-refractivity contribution is 0.747. The van der Waals surface area contributed by atoms with Crippen LogP contribution in [0.4, 0.5) is 17.1 Å². The van der Waals surface area contributed by atoms with Gasteiger partial charge in [-0.3, -0.25) is 0 Å². The quantitative estimate of drug-likeness (QED) is 0.813. The standard InChI is InChI=1S/C16H17BrN2/c17-13-6-5-7-14(12-13)19-11-4-3-10-18-15-8-1-2-9-16(15)19/h1-2,5-9,12,18H,3-4,10-11H2. The second-order valence-electron chi connectivity index (χ2n) is 4.78. The Morgan fingerprint density at radius 1 is 1.00 bits per heavy atom. The third kappa shape index (κ3) is 2.76. The summed E-state index contributed by atoms with van der Waals surface area (Å²) in [6.45, 7) is 2.12. The van der Waals surface area contributed by atoms with Crippen LogP contribution < -0.4 is 10.2 Å². The van der Waals surface area contributed by atoms with E-state index in [2.05, 4.69) is 74.7 Å². The van der Waals surface area contributed by atoms with Gasteiger partial charge in [-0.2, -0.15) is 0 Å². The molecule has 98 valence electrons. The van der Waals surface area contributed by atoms with E-state index in [0.717, 1.165) is 17.6 Å². The average molecular weight is 317 g/mol. The number of hydrogen-bond acceptors (Lipinski definition) is 2. The van der Waals surface area contributed by atoms with Crippen molar-refractivity contribution in [3.63, 3.8) is 0 Å². The van der Waals surface area contributed by atoms with Gasteiger partial charge in [-0.25, -0.2) is 0 Å². The summed E-state index contributed by atoms with van der Waals surface area (Å²) in [6, 6.07) is 17.0. The van der Waals surface area contributed by atoms with E-state index in [1.54, 1.807) is 0 Å². The van der Waals surface area contributed by atoms with Crippen LogP contribution in [0.5, 0.6) is 0 Å². The van der Waals surface area contributed by atoms with Crippen molar-refractivity contribution in [2.24, 2.45) is 0 Å². The minimum atomic E-state index is 1.06. The maximum Gasteiger partial charge on any atom is 0.0646 e. The van der Waals surface area contributed by atoms with Crippen LogP contribution in [-0.2, 0) is 0 Å². The fourth-order valence-electron chi connectivity index (χ4n) is 2.51. The van der Waals surface area contributed by atoms with Crippen molar-refractivity contribution in [2.45, 2.75) is 12.8 Å². The SMILES string of the molecule is Brc1cccc(N2CCCCNc3ccccc32)c1. The molecule has 1 aliphatic heterocycles. The number of benzene rings is 2. The van der Waals surface area contributed by atoms with Gasteiger partial charge in [0.15, 0.2) is 0 Å². The fraction of sp³-hybridized carbons (Fsp3) is 0.250. The highest BCUT2D eigenvalue weighted by molar-refractivity contribution is 9.10. The third-order valence-electron chi connectivity index (χ3n) is 3.44. The molecule has 0 atom stereocenters. The Kier molecular flexibility index (Phi) is 3.74. The highest BCUT2D eigenvalue weighted by atomic mass is 79.9. The monoisotopic (exact) mass is 316 g/mol. The molecule has 0 saturated heterocycles. The Morgan fingerprint density at radius 2 is 1.89 bits per heavy atom. The molecule has 1 aliphatic rings. The van der Waals surface area contributed by atoms with Gasteiger partial charge in [0, 0.05) is 23.2 Å². The molecule has 0 aliphatic carbocycles. The first-order valence-electron chi connectivity index (χ1n) is 6.70. The zero-order valence-corrected chi connectivity index (χ0v) is 12.4. The van der Waals surface area contributed by atoms with Crippen LogP contribution in [0.15, 0.2) is 53.0 Å². The van der Waals surface area contributed by atoms with Crippen molar-refractivity contribution in [3.8, 4) is 0 Å². The molecular weight excluding hydrogens is 300 g/mol. The lowest BCUT2D eigenvalue weighted by atomic mass is 10.1. The Morgan fingerprint density at radius 3 is 2.79 bits per heavy atom. The normalized spacial score (nSPS) is 15.1. The molecule has 0 bridgehead atoms. The molecule has 2 aromatic rings. The number of fused-ring (bicyclic) bond motifs is 1. The summed E-state index contributed by atoms with van der Waals surface area (Å²) in [4.78, 5) is 2.40. The maximum atomic E-state index is 3.56. The van der Waals surface area contributed by atoms with E-state index in [4.69, 9.17) is 0 Å². The molecule has 0 unspecified atom stereocenters. The first-order chi connectivity index (χ1) is 9.34. The summed E-state index contributed by atoms with van der Waals surface area (Å²) >= 11 is 3.56. The molecule has 0 radical (unpaired) electrons. The number of nitrogens with one attached hydrogen (secondary N) is 1. The van der Waals surface area contributed by atoms with Crippen LogP contribution >= 0.6 is 15.9 Å². The van der Waals surface area contributed by atoms with Crippen LogP contribution in [0.1, 0.15) is 12.8 Å². The maximum absolute atomic E-state index is 3.56. The Balaban J connectivity index is 2.05. The minimum Gasteiger partial charge on any atom is -0.383 e. The fourth-order valence-corrected chi connectivity index (χ4v) is 2.90. The molecule has 0 aromatic heterocycles. The first kappa shape index (κ1) is 12.5. The topological polar surface area (TPSA) is 15.3 Å². The predicted octanol–water partition coefficient (Wildman–Crippen LogP) is 4.79. The van der Waals surface area contributed by atoms with Crippen LogP contribution in [0.25, 0.3) is 0 Å². The van der Waals surface area contributed by atoms with E-state index in [1.807, 2.05) is 0 Å². The average Bonchev–Trinajstić information content (AvgIpc) is 2.40. The number of anilines is 3. The Bertz CT molecular complexity index is 568. The van der Waals surface area contributed by atoms with E-state index in [9.17, 15) is 0 Å². The molecule has 1 N–H and O–H groups in total. The number of para-hydroxylation sites is 2. The van der Waals surface area contributed by atoms with Gasteiger partial charge in [0.05, 0.1) is 11.4 Å². The lowest BCUT2D eigenvalue weighted by Gasteiger charge is -2.29. The van der Waals surface area contributed by atoms with Gasteiger partial charge in [-0.05, 0) is 43.2 Å². The van der Waals surface area contributed by atoms with Gasteiger partial charge in [-0.15, -0.1) is 0 Å². The van der Waals surface area contributed by atoms with Crippen molar-refractivity contribution in [2.75, 3.05) is 23.3 Å². The molecule has 0 fully saturated rings. The van der Waals surface area contributed by atoms with Crippen LogP contribution in [0.2, 0.25) is 0 Å². The Hall–Kier alpha value is -1.48. The molecule has 2 aromatic carbocycles. The van der Waals surface area contributed by atoms with Gasteiger partial charge in [0.25, 0.3) is 0 Å². The van der Waals surface area contributed by atoms with Crippen LogP contribution in [0, 0.1) is 0 Å². The summed E-state index contributed by atoms with van der Waals surface area (Å²) in [5, 5.41) is 3.53. The summed E-state index contributed by atoms with van der Waals surface area (Å²) in [5.74, 6) is 0. The largest absolute Gasteiger partial charge is 0.383 e. The molecule has 0 saturated carbocycles. The van der Waals surface area contributed by atoms with Gasteiger partial charge in [0.2, 0.25) is 0 Å². The zero-order chi connectivity index (χ0) is 13.1. The van der Waals surface area contributed by atoms with Crippen molar-refractivity contribution < 1.29 is 0 Å². The van der Waals surface area contributed by atoms with Gasteiger partial charge in [0.1, 0.15) is 0 Å². The van der Waals surface area contributed by atoms with E-state index >= 15 is 0 Å². The highest BCUT2D eigenvalue weighted by Crippen LogP contribution is 2.34. The van der Waals surface area contributed by atoms with Gasteiger partial charge < -0.3 is 10.2 Å². The second kappa shape index (κ2) is 5.66. The molecule has 19 heavy (non-hydrogen) atoms. The van der Waals surface area contributed by atoms with Crippen molar-refractivity contribution in [1.82, 2.24) is 0 Å². The summed E-state index contributed by atoms with van der Waals surface area (Å²) in [5.41, 5.74) is 3.73. The number of halogens is 1. The lowest BCUT2D eigenvalue weighted by Crippen LogP contribution is -2.23. The molecule has 0 amide bonds. The number of nitrogens with zero attached hydrogens (tertiary/aromatic N) is 1. The molecule has 3 rings (SSSR count). The summed E-state index contributed by atoms with van der Waals surface area (Å²) in [7, 11) is 0. The van der Waals surface area contributed by atoms with Crippen LogP contribution in [0.3, 0.4) is 0 Å². The second-order valence-corrected chi connectivity index (χ2v) is 5.70. The number of hydrogen-bond donors (Lipinski definition) is 1. The molecule has 1 heterocycles. The predicted molar refractivity (Wildman–Crippen MR) is 85.3 cm³/mol. The Labute approximate surface area is 122 Å². The third-order valence-corrected chi connectivity index (χ3v) is 3.93. The van der Waals surface area contributed by atoms with Gasteiger partial charge >= 0.3 is 0 Å². The van der Waals surface area contributed by atoms with Crippen molar-refractivity contribution in [1.29, 1.82) is 0 Å². The molecule has 3 heteroatoms. The smallest absolute Gasteiger partial charge is 0.0646 e. The summed E-state index contributed by atoms with van der Waals surface area (Å²) in [6.07, 6.45) is 2.41. The molecule has 2 nitrogen and oxygen atoms in total. The number of rotatable bonds is 1. The zero-order valence-electron chi connectivity index (χ0n) is 10.8.